The van der Waals surface area contributed by atoms with E-state index in [2.05, 4.69) is 39.1 Å². The number of aromatic nitrogens is 2. The molecule has 10 heteroatoms. The Morgan fingerprint density at radius 3 is 2.26 bits per heavy atom. The molecule has 1 aliphatic rings. The minimum Gasteiger partial charge on any atom is -0.313 e. The number of carbonyl (C=O) groups excluding carboxylic acids is 2. The van der Waals surface area contributed by atoms with E-state index >= 15 is 0 Å². The van der Waals surface area contributed by atoms with Crippen molar-refractivity contribution < 1.29 is 9.59 Å². The van der Waals surface area contributed by atoms with Gasteiger partial charge in [-0.05, 0) is 75.1 Å². The van der Waals surface area contributed by atoms with E-state index in [1.807, 2.05) is 44.4 Å². The molecule has 2 amide bonds. The zero-order valence-corrected chi connectivity index (χ0v) is 25.5. The smallest absolute Gasteiger partial charge is 0.242 e. The van der Waals surface area contributed by atoms with Gasteiger partial charge in [0.05, 0.1) is 11.4 Å². The van der Waals surface area contributed by atoms with Crippen molar-refractivity contribution in [3.8, 4) is 0 Å². The predicted octanol–water partition coefficient (Wildman–Crippen LogP) is 5.65. The summed E-state index contributed by atoms with van der Waals surface area (Å²) in [6, 6.07) is 14.3. The van der Waals surface area contributed by atoms with Crippen molar-refractivity contribution in [1.82, 2.24) is 14.9 Å². The third kappa shape index (κ3) is 7.48. The fourth-order valence-corrected chi connectivity index (χ4v) is 4.78. The zero-order chi connectivity index (χ0) is 25.9. The quantitative estimate of drug-likeness (QED) is 0.315. The van der Waals surface area contributed by atoms with Gasteiger partial charge in [0.1, 0.15) is 5.41 Å². The highest BCUT2D eigenvalue weighted by Crippen LogP contribution is 2.39. The van der Waals surface area contributed by atoms with Crippen molar-refractivity contribution in [2.24, 2.45) is 5.41 Å². The van der Waals surface area contributed by atoms with Gasteiger partial charge in [0.25, 0.3) is 0 Å². The largest absolute Gasteiger partial charge is 0.313 e. The molecular weight excluding hydrogens is 557 g/mol. The lowest BCUT2D eigenvalue weighted by Gasteiger charge is -2.27. The van der Waals surface area contributed by atoms with E-state index < -0.39 is 5.41 Å². The van der Waals surface area contributed by atoms with Crippen LogP contribution in [0, 0.1) is 12.3 Å². The van der Waals surface area contributed by atoms with Crippen LogP contribution in [-0.4, -0.2) is 46.8 Å². The molecule has 39 heavy (non-hydrogen) atoms. The van der Waals surface area contributed by atoms with E-state index in [4.69, 9.17) is 0 Å². The lowest BCUT2D eigenvalue weighted by molar-refractivity contribution is -0.137. The molecule has 2 aromatic heterocycles. The van der Waals surface area contributed by atoms with E-state index in [0.717, 1.165) is 42.1 Å². The Morgan fingerprint density at radius 2 is 1.62 bits per heavy atom. The Morgan fingerprint density at radius 1 is 0.897 bits per heavy atom. The summed E-state index contributed by atoms with van der Waals surface area (Å²) in [5, 5.41) is 0. The van der Waals surface area contributed by atoms with Gasteiger partial charge in [-0.25, -0.2) is 0 Å². The Hall–Kier alpha value is -2.71. The van der Waals surface area contributed by atoms with Crippen LogP contribution in [0.15, 0.2) is 61.1 Å². The summed E-state index contributed by atoms with van der Waals surface area (Å²) in [4.78, 5) is 40.9. The maximum Gasteiger partial charge on any atom is 0.242 e. The molecule has 3 aromatic rings. The standard InChI is InChI=1S/C29H35N5O2.3ClH/c1-6-34-25-12-11-23(17-26(25)32(5)27(35)29(3,4)28(34)36)19-33(16-13-22-9-7-14-30-18-22)20-24-10-8-15-31-21(24)2;;;/h7-12,14-15,17-18H,6,13,16,19-20H2,1-5H3;3*1H. The number of hydrogen-bond donors (Lipinski definition) is 0. The van der Waals surface area contributed by atoms with Gasteiger partial charge >= 0.3 is 0 Å². The number of aryl methyl sites for hydroxylation is 1. The number of fused-ring (bicyclic) bond motifs is 1. The molecule has 0 saturated carbocycles. The van der Waals surface area contributed by atoms with Crippen molar-refractivity contribution in [2.75, 3.05) is 29.9 Å². The van der Waals surface area contributed by atoms with Crippen molar-refractivity contribution >= 4 is 60.4 Å². The molecule has 0 saturated heterocycles. The summed E-state index contributed by atoms with van der Waals surface area (Å²) in [5.41, 5.74) is 4.92. The average Bonchev–Trinajstić information content (AvgIpc) is 2.93. The van der Waals surface area contributed by atoms with Gasteiger partial charge in [-0.15, -0.1) is 37.2 Å². The third-order valence-electron chi connectivity index (χ3n) is 6.98. The summed E-state index contributed by atoms with van der Waals surface area (Å²) >= 11 is 0. The van der Waals surface area contributed by atoms with E-state index in [-0.39, 0.29) is 49.0 Å². The SMILES string of the molecule is CCN1C(=O)C(C)(C)C(=O)N(C)c2cc(CN(CCc3cccnc3)Cc3cccnc3C)ccc21.Cl.Cl.Cl. The molecule has 0 atom stereocenters. The summed E-state index contributed by atoms with van der Waals surface area (Å²) < 4.78 is 0. The second-order valence-electron chi connectivity index (χ2n) is 9.93. The fourth-order valence-electron chi connectivity index (χ4n) is 4.78. The van der Waals surface area contributed by atoms with Crippen LogP contribution in [0.4, 0.5) is 11.4 Å². The second kappa shape index (κ2) is 14.6. The van der Waals surface area contributed by atoms with E-state index in [9.17, 15) is 9.59 Å². The Bertz CT molecular complexity index is 1260. The highest BCUT2D eigenvalue weighted by atomic mass is 35.5. The van der Waals surface area contributed by atoms with Crippen LogP contribution in [0.2, 0.25) is 0 Å². The number of amides is 2. The topological polar surface area (TPSA) is 69.6 Å². The molecule has 0 aliphatic carbocycles. The molecule has 4 rings (SSSR count). The van der Waals surface area contributed by atoms with Crippen molar-refractivity contribution in [1.29, 1.82) is 0 Å². The van der Waals surface area contributed by atoms with Crippen LogP contribution < -0.4 is 9.80 Å². The first-order valence-electron chi connectivity index (χ1n) is 12.5. The molecule has 7 nitrogen and oxygen atoms in total. The number of pyridine rings is 2. The van der Waals surface area contributed by atoms with Gasteiger partial charge in [0.2, 0.25) is 11.8 Å². The number of hydrogen-bond acceptors (Lipinski definition) is 5. The number of anilines is 2. The Kier molecular flexibility index (Phi) is 12.9. The van der Waals surface area contributed by atoms with Crippen LogP contribution in [0.25, 0.3) is 0 Å². The van der Waals surface area contributed by atoms with E-state index in [1.54, 1.807) is 36.9 Å². The third-order valence-corrected chi connectivity index (χ3v) is 6.98. The number of carbonyl (C=O) groups is 2. The summed E-state index contributed by atoms with van der Waals surface area (Å²) in [6.45, 7) is 10.2. The molecule has 0 fully saturated rings. The molecular formula is C29H38Cl3N5O2. The lowest BCUT2D eigenvalue weighted by atomic mass is 9.90. The molecule has 3 heterocycles. The van der Waals surface area contributed by atoms with Crippen molar-refractivity contribution in [2.45, 2.75) is 47.2 Å². The Labute approximate surface area is 250 Å². The molecule has 0 N–H and O–H groups in total. The predicted molar refractivity (Wildman–Crippen MR) is 164 cm³/mol. The Balaban J connectivity index is 0.00000253. The zero-order valence-electron chi connectivity index (χ0n) is 23.1. The average molecular weight is 595 g/mol. The monoisotopic (exact) mass is 593 g/mol. The maximum absolute atomic E-state index is 13.2. The highest BCUT2D eigenvalue weighted by molar-refractivity contribution is 6.19. The normalized spacial score (nSPS) is 14.1. The van der Waals surface area contributed by atoms with Crippen molar-refractivity contribution in [3.63, 3.8) is 0 Å². The van der Waals surface area contributed by atoms with Gasteiger partial charge in [0, 0.05) is 57.5 Å². The van der Waals surface area contributed by atoms with Gasteiger partial charge in [-0.1, -0.05) is 18.2 Å². The molecule has 0 bridgehead atoms. The van der Waals surface area contributed by atoms with Gasteiger partial charge in [0.15, 0.2) is 0 Å². The summed E-state index contributed by atoms with van der Waals surface area (Å²) in [5.74, 6) is -0.361. The van der Waals surface area contributed by atoms with Gasteiger partial charge < -0.3 is 9.80 Å². The molecule has 1 aliphatic heterocycles. The van der Waals surface area contributed by atoms with Crippen LogP contribution in [-0.2, 0) is 29.1 Å². The minimum atomic E-state index is -1.11. The highest BCUT2D eigenvalue weighted by Gasteiger charge is 2.45. The number of benzene rings is 1. The molecule has 1 aromatic carbocycles. The molecule has 0 unspecified atom stereocenters. The first-order valence-corrected chi connectivity index (χ1v) is 12.5. The maximum atomic E-state index is 13.2. The number of rotatable bonds is 8. The van der Waals surface area contributed by atoms with E-state index in [0.29, 0.717) is 13.1 Å². The summed E-state index contributed by atoms with van der Waals surface area (Å²) in [6.07, 6.45) is 6.40. The van der Waals surface area contributed by atoms with Gasteiger partial charge in [-0.2, -0.15) is 0 Å². The van der Waals surface area contributed by atoms with Crippen LogP contribution in [0.3, 0.4) is 0 Å². The second-order valence-corrected chi connectivity index (χ2v) is 9.93. The van der Waals surface area contributed by atoms with Crippen LogP contribution in [0.5, 0.6) is 0 Å². The number of nitrogens with zero attached hydrogens (tertiary/aromatic N) is 5. The minimum absolute atomic E-state index is 0. The number of halogens is 3. The molecule has 212 valence electrons. The first-order chi connectivity index (χ1) is 17.2. The van der Waals surface area contributed by atoms with E-state index in [1.165, 1.54) is 11.1 Å². The molecule has 0 spiro atoms. The van der Waals surface area contributed by atoms with Crippen LogP contribution in [0.1, 0.15) is 43.2 Å². The fraction of sp³-hybridized carbons (Fsp3) is 0.379. The van der Waals surface area contributed by atoms with Crippen molar-refractivity contribution in [3.05, 3.63) is 83.4 Å². The first kappa shape index (κ1) is 34.3. The summed E-state index contributed by atoms with van der Waals surface area (Å²) in [7, 11) is 1.76. The molecule has 0 radical (unpaired) electrons. The van der Waals surface area contributed by atoms with Gasteiger partial charge in [-0.3, -0.25) is 24.5 Å². The lowest BCUT2D eigenvalue weighted by Crippen LogP contribution is -2.47. The van der Waals surface area contributed by atoms with Crippen LogP contribution >= 0.6 is 37.2 Å².